The Morgan fingerprint density at radius 1 is 0.500 bits per heavy atom. The Balaban J connectivity index is 3.22. The molecule has 0 fully saturated rings. The normalized spacial score (nSPS) is 11.8. The monoisotopic (exact) mass is 266 g/mol. The second-order valence-electron chi connectivity index (χ2n) is 6.04. The van der Waals surface area contributed by atoms with Crippen LogP contribution in [0.2, 0.25) is 0 Å². The van der Waals surface area contributed by atoms with Crippen molar-refractivity contribution in [2.24, 2.45) is 0 Å². The van der Waals surface area contributed by atoms with Crippen molar-refractivity contribution >= 4 is 16.8 Å². The molecule has 0 bridgehead atoms. The van der Waals surface area contributed by atoms with Crippen molar-refractivity contribution in [3.63, 3.8) is 0 Å². The standard InChI is InChI=1S/C20H26/c1-9-10-18-14(5)13(4)16(7)19-15(6)11(2)12(3)17(8)20(18)19/h9-10H,1-8H3/b10-9+. The summed E-state index contributed by atoms with van der Waals surface area (Å²) in [4.78, 5) is 0. The molecule has 0 radical (unpaired) electrons. The Labute approximate surface area is 123 Å². The molecule has 0 N–H and O–H groups in total. The number of hydrogen-bond donors (Lipinski definition) is 0. The molecule has 0 saturated carbocycles. The average Bonchev–Trinajstić information content (AvgIpc) is 2.43. The van der Waals surface area contributed by atoms with Crippen LogP contribution < -0.4 is 0 Å². The molecule has 0 heteroatoms. The van der Waals surface area contributed by atoms with Gasteiger partial charge >= 0.3 is 0 Å². The third kappa shape index (κ3) is 1.90. The lowest BCUT2D eigenvalue weighted by Crippen LogP contribution is -2.01. The van der Waals surface area contributed by atoms with Crippen LogP contribution in [0.15, 0.2) is 6.08 Å². The average molecular weight is 266 g/mol. The van der Waals surface area contributed by atoms with E-state index in [1.165, 1.54) is 55.3 Å². The zero-order valence-electron chi connectivity index (χ0n) is 14.2. The van der Waals surface area contributed by atoms with Crippen LogP contribution in [-0.2, 0) is 0 Å². The summed E-state index contributed by atoms with van der Waals surface area (Å²) in [6, 6.07) is 0. The predicted molar refractivity (Wildman–Crippen MR) is 91.8 cm³/mol. The first-order valence-electron chi connectivity index (χ1n) is 7.45. The highest BCUT2D eigenvalue weighted by molar-refractivity contribution is 6.00. The SMILES string of the molecule is C/C=C/c1c(C)c(C)c(C)c2c(C)c(C)c(C)c(C)c12. The number of aryl methyl sites for hydroxylation is 3. The molecule has 0 aliphatic heterocycles. The molecular formula is C20H26. The van der Waals surface area contributed by atoms with Gasteiger partial charge in [-0.05, 0) is 111 Å². The lowest BCUT2D eigenvalue weighted by atomic mass is 9.83. The van der Waals surface area contributed by atoms with Gasteiger partial charge in [-0.3, -0.25) is 0 Å². The van der Waals surface area contributed by atoms with E-state index < -0.39 is 0 Å². The van der Waals surface area contributed by atoms with Gasteiger partial charge in [-0.25, -0.2) is 0 Å². The Kier molecular flexibility index (Phi) is 3.77. The van der Waals surface area contributed by atoms with Crippen LogP contribution in [0.25, 0.3) is 16.8 Å². The van der Waals surface area contributed by atoms with Crippen LogP contribution in [0.1, 0.15) is 51.4 Å². The minimum Gasteiger partial charge on any atom is -0.0870 e. The minimum atomic E-state index is 1.40. The molecule has 2 aromatic carbocycles. The van der Waals surface area contributed by atoms with Gasteiger partial charge in [0.25, 0.3) is 0 Å². The van der Waals surface area contributed by atoms with E-state index in [2.05, 4.69) is 67.5 Å². The summed E-state index contributed by atoms with van der Waals surface area (Å²) in [5, 5.41) is 2.91. The molecule has 20 heavy (non-hydrogen) atoms. The van der Waals surface area contributed by atoms with Crippen molar-refractivity contribution in [1.82, 2.24) is 0 Å². The lowest BCUT2D eigenvalue weighted by Gasteiger charge is -2.21. The quantitative estimate of drug-likeness (QED) is 0.591. The highest BCUT2D eigenvalue weighted by Gasteiger charge is 2.17. The third-order valence-electron chi connectivity index (χ3n) is 5.19. The summed E-state index contributed by atoms with van der Waals surface area (Å²) in [5.41, 5.74) is 11.4. The number of fused-ring (bicyclic) bond motifs is 1. The highest BCUT2D eigenvalue weighted by atomic mass is 14.2. The fraction of sp³-hybridized carbons (Fsp3) is 0.400. The van der Waals surface area contributed by atoms with E-state index in [4.69, 9.17) is 0 Å². The van der Waals surface area contributed by atoms with Crippen LogP contribution in [0.5, 0.6) is 0 Å². The van der Waals surface area contributed by atoms with E-state index in [1.54, 1.807) is 0 Å². The Hall–Kier alpha value is -1.56. The first-order valence-corrected chi connectivity index (χ1v) is 7.45. The lowest BCUT2D eigenvalue weighted by molar-refractivity contribution is 1.22. The number of benzene rings is 2. The third-order valence-corrected chi connectivity index (χ3v) is 5.19. The largest absolute Gasteiger partial charge is 0.0870 e. The van der Waals surface area contributed by atoms with Crippen LogP contribution in [-0.4, -0.2) is 0 Å². The molecule has 106 valence electrons. The summed E-state index contributed by atoms with van der Waals surface area (Å²) in [5.74, 6) is 0. The molecule has 0 aliphatic carbocycles. The van der Waals surface area contributed by atoms with Gasteiger partial charge in [0.15, 0.2) is 0 Å². The van der Waals surface area contributed by atoms with Crippen molar-refractivity contribution in [2.75, 3.05) is 0 Å². The molecule has 2 aromatic rings. The van der Waals surface area contributed by atoms with E-state index in [1.807, 2.05) is 0 Å². The van der Waals surface area contributed by atoms with Gasteiger partial charge in [-0.1, -0.05) is 12.2 Å². The molecule has 0 aromatic heterocycles. The van der Waals surface area contributed by atoms with Crippen molar-refractivity contribution < 1.29 is 0 Å². The summed E-state index contributed by atoms with van der Waals surface area (Å²) in [7, 11) is 0. The van der Waals surface area contributed by atoms with Gasteiger partial charge in [0.2, 0.25) is 0 Å². The van der Waals surface area contributed by atoms with Gasteiger partial charge in [0, 0.05) is 0 Å². The van der Waals surface area contributed by atoms with Crippen LogP contribution in [0.4, 0.5) is 0 Å². The Bertz CT molecular complexity index is 720. The summed E-state index contributed by atoms with van der Waals surface area (Å²) < 4.78 is 0. The first kappa shape index (κ1) is 14.8. The number of rotatable bonds is 1. The van der Waals surface area contributed by atoms with E-state index in [0.29, 0.717) is 0 Å². The first-order chi connectivity index (χ1) is 9.32. The Morgan fingerprint density at radius 2 is 0.900 bits per heavy atom. The molecule has 0 spiro atoms. The highest BCUT2D eigenvalue weighted by Crippen LogP contribution is 2.37. The number of hydrogen-bond acceptors (Lipinski definition) is 0. The molecule has 0 amide bonds. The van der Waals surface area contributed by atoms with Crippen molar-refractivity contribution in [2.45, 2.75) is 55.4 Å². The molecule has 0 saturated heterocycles. The van der Waals surface area contributed by atoms with Crippen molar-refractivity contribution in [3.05, 3.63) is 50.6 Å². The smallest absolute Gasteiger partial charge is 0.00712 e. The van der Waals surface area contributed by atoms with Gasteiger partial charge in [0.1, 0.15) is 0 Å². The van der Waals surface area contributed by atoms with Crippen molar-refractivity contribution in [1.29, 1.82) is 0 Å². The molecule has 2 rings (SSSR count). The predicted octanol–water partition coefficient (Wildman–Crippen LogP) is 6.03. The van der Waals surface area contributed by atoms with Crippen LogP contribution >= 0.6 is 0 Å². The zero-order valence-corrected chi connectivity index (χ0v) is 14.2. The minimum absolute atomic E-state index is 1.40. The molecule has 0 aliphatic rings. The summed E-state index contributed by atoms with van der Waals surface area (Å²) in [6.45, 7) is 17.9. The maximum absolute atomic E-state index is 2.27. The number of allylic oxidation sites excluding steroid dienone is 1. The van der Waals surface area contributed by atoms with E-state index >= 15 is 0 Å². The van der Waals surface area contributed by atoms with Gasteiger partial charge in [-0.2, -0.15) is 0 Å². The molecular weight excluding hydrogens is 240 g/mol. The van der Waals surface area contributed by atoms with Crippen molar-refractivity contribution in [3.8, 4) is 0 Å². The maximum Gasteiger partial charge on any atom is -0.00712 e. The van der Waals surface area contributed by atoms with Crippen LogP contribution in [0.3, 0.4) is 0 Å². The van der Waals surface area contributed by atoms with Gasteiger partial charge < -0.3 is 0 Å². The van der Waals surface area contributed by atoms with E-state index in [9.17, 15) is 0 Å². The van der Waals surface area contributed by atoms with E-state index in [-0.39, 0.29) is 0 Å². The summed E-state index contributed by atoms with van der Waals surface area (Å²) in [6.07, 6.45) is 4.42. The second-order valence-corrected chi connectivity index (χ2v) is 6.04. The van der Waals surface area contributed by atoms with Crippen LogP contribution in [0, 0.1) is 48.5 Å². The van der Waals surface area contributed by atoms with E-state index in [0.717, 1.165) is 0 Å². The Morgan fingerprint density at radius 3 is 1.35 bits per heavy atom. The molecule has 0 heterocycles. The summed E-state index contributed by atoms with van der Waals surface area (Å²) >= 11 is 0. The molecule has 0 unspecified atom stereocenters. The fourth-order valence-electron chi connectivity index (χ4n) is 3.35. The zero-order chi connectivity index (χ0) is 15.2. The fourth-order valence-corrected chi connectivity index (χ4v) is 3.35. The maximum atomic E-state index is 2.27. The second kappa shape index (κ2) is 5.09. The molecule has 0 atom stereocenters. The van der Waals surface area contributed by atoms with Gasteiger partial charge in [-0.15, -0.1) is 0 Å². The molecule has 0 nitrogen and oxygen atoms in total. The topological polar surface area (TPSA) is 0 Å². The van der Waals surface area contributed by atoms with Gasteiger partial charge in [0.05, 0.1) is 0 Å².